The van der Waals surface area contributed by atoms with Crippen LogP contribution in [0.25, 0.3) is 11.1 Å². The SMILES string of the molecule is CC(C)(C)OC(=O)N1CCC(CNc2ccc(-c3ccc(S(C)(=O)=O)cc3)cn2)CC1. The quantitative estimate of drug-likeness (QED) is 0.742. The van der Waals surface area contributed by atoms with Gasteiger partial charge < -0.3 is 15.0 Å². The average Bonchev–Trinajstić information content (AvgIpc) is 2.71. The van der Waals surface area contributed by atoms with Crippen molar-refractivity contribution in [3.63, 3.8) is 0 Å². The number of hydrogen-bond donors (Lipinski definition) is 1. The van der Waals surface area contributed by atoms with E-state index < -0.39 is 15.4 Å². The number of benzene rings is 1. The number of pyridine rings is 1. The average molecular weight is 446 g/mol. The number of rotatable bonds is 5. The Morgan fingerprint density at radius 2 is 1.71 bits per heavy atom. The molecular formula is C23H31N3O4S. The Morgan fingerprint density at radius 3 is 2.23 bits per heavy atom. The van der Waals surface area contributed by atoms with Crippen LogP contribution in [-0.4, -0.2) is 55.9 Å². The molecule has 0 bridgehead atoms. The number of likely N-dealkylation sites (tertiary alicyclic amines) is 1. The van der Waals surface area contributed by atoms with Gasteiger partial charge in [0, 0.05) is 37.7 Å². The maximum Gasteiger partial charge on any atom is 0.410 e. The van der Waals surface area contributed by atoms with Crippen LogP contribution in [0.1, 0.15) is 33.6 Å². The smallest absolute Gasteiger partial charge is 0.410 e. The molecule has 3 rings (SSSR count). The van der Waals surface area contributed by atoms with Gasteiger partial charge in [0.2, 0.25) is 0 Å². The van der Waals surface area contributed by atoms with Crippen LogP contribution in [0.2, 0.25) is 0 Å². The van der Waals surface area contributed by atoms with Crippen LogP contribution in [0, 0.1) is 5.92 Å². The molecule has 0 aliphatic carbocycles. The van der Waals surface area contributed by atoms with Gasteiger partial charge in [0.15, 0.2) is 9.84 Å². The van der Waals surface area contributed by atoms with E-state index in [2.05, 4.69) is 10.3 Å². The highest BCUT2D eigenvalue weighted by Gasteiger charge is 2.26. The normalized spacial score (nSPS) is 15.5. The van der Waals surface area contributed by atoms with Gasteiger partial charge in [-0.2, -0.15) is 0 Å². The van der Waals surface area contributed by atoms with Crippen LogP contribution >= 0.6 is 0 Å². The number of sulfone groups is 1. The predicted molar refractivity (Wildman–Crippen MR) is 122 cm³/mol. The molecule has 0 radical (unpaired) electrons. The molecule has 1 aromatic carbocycles. The summed E-state index contributed by atoms with van der Waals surface area (Å²) >= 11 is 0. The van der Waals surface area contributed by atoms with Gasteiger partial charge in [-0.05, 0) is 69.4 Å². The fraction of sp³-hybridized carbons (Fsp3) is 0.478. The van der Waals surface area contributed by atoms with E-state index in [1.807, 2.05) is 32.9 Å². The molecule has 0 spiro atoms. The lowest BCUT2D eigenvalue weighted by Gasteiger charge is -2.33. The highest BCUT2D eigenvalue weighted by molar-refractivity contribution is 7.90. The zero-order chi connectivity index (χ0) is 22.6. The molecule has 0 atom stereocenters. The molecule has 0 unspecified atom stereocenters. The van der Waals surface area contributed by atoms with E-state index in [4.69, 9.17) is 4.74 Å². The number of hydrogen-bond acceptors (Lipinski definition) is 6. The monoisotopic (exact) mass is 445 g/mol. The summed E-state index contributed by atoms with van der Waals surface area (Å²) in [6, 6.07) is 10.7. The first kappa shape index (κ1) is 23.1. The lowest BCUT2D eigenvalue weighted by molar-refractivity contribution is 0.0188. The van der Waals surface area contributed by atoms with Crippen molar-refractivity contribution in [2.24, 2.45) is 5.92 Å². The van der Waals surface area contributed by atoms with Gasteiger partial charge in [-0.3, -0.25) is 0 Å². The molecule has 7 nitrogen and oxygen atoms in total. The molecule has 2 aromatic rings. The Kier molecular flexibility index (Phi) is 6.89. The number of ether oxygens (including phenoxy) is 1. The lowest BCUT2D eigenvalue weighted by atomic mass is 9.97. The molecule has 168 valence electrons. The van der Waals surface area contributed by atoms with Crippen LogP contribution in [0.15, 0.2) is 47.5 Å². The van der Waals surface area contributed by atoms with Crippen molar-refractivity contribution < 1.29 is 17.9 Å². The number of piperidine rings is 1. The number of amides is 1. The number of carbonyl (C=O) groups is 1. The van der Waals surface area contributed by atoms with Crippen molar-refractivity contribution in [2.45, 2.75) is 44.1 Å². The van der Waals surface area contributed by atoms with Gasteiger partial charge in [0.05, 0.1) is 4.90 Å². The standard InChI is InChI=1S/C23H31N3O4S/c1-23(2,3)30-22(27)26-13-11-17(12-14-26)15-24-21-10-7-19(16-25-21)18-5-8-20(9-6-18)31(4,28)29/h5-10,16-17H,11-15H2,1-4H3,(H,24,25). The summed E-state index contributed by atoms with van der Waals surface area (Å²) in [5.74, 6) is 1.27. The number of anilines is 1. The van der Waals surface area contributed by atoms with Crippen LogP contribution in [-0.2, 0) is 14.6 Å². The van der Waals surface area contributed by atoms with Gasteiger partial charge in [-0.1, -0.05) is 12.1 Å². The van der Waals surface area contributed by atoms with Gasteiger partial charge >= 0.3 is 6.09 Å². The second kappa shape index (κ2) is 9.26. The molecule has 1 N–H and O–H groups in total. The number of nitrogens with zero attached hydrogens (tertiary/aromatic N) is 2. The first-order valence-electron chi connectivity index (χ1n) is 10.5. The van der Waals surface area contributed by atoms with E-state index in [-0.39, 0.29) is 6.09 Å². The van der Waals surface area contributed by atoms with E-state index in [0.717, 1.165) is 36.3 Å². The topological polar surface area (TPSA) is 88.6 Å². The first-order valence-corrected chi connectivity index (χ1v) is 12.4. The molecular weight excluding hydrogens is 414 g/mol. The maximum absolute atomic E-state index is 12.2. The van der Waals surface area contributed by atoms with E-state index in [1.165, 1.54) is 6.26 Å². The summed E-state index contributed by atoms with van der Waals surface area (Å²) in [6.45, 7) is 7.85. The minimum absolute atomic E-state index is 0.235. The first-order chi connectivity index (χ1) is 14.5. The maximum atomic E-state index is 12.2. The fourth-order valence-corrected chi connectivity index (χ4v) is 4.09. The number of nitrogens with one attached hydrogen (secondary N) is 1. The third kappa shape index (κ3) is 6.69. The van der Waals surface area contributed by atoms with Crippen LogP contribution in [0.5, 0.6) is 0 Å². The second-order valence-electron chi connectivity index (χ2n) is 9.02. The van der Waals surface area contributed by atoms with Crippen molar-refractivity contribution in [1.29, 1.82) is 0 Å². The summed E-state index contributed by atoms with van der Waals surface area (Å²) in [7, 11) is -3.20. The summed E-state index contributed by atoms with van der Waals surface area (Å²) in [5.41, 5.74) is 1.38. The minimum atomic E-state index is -3.20. The van der Waals surface area contributed by atoms with Crippen molar-refractivity contribution in [2.75, 3.05) is 31.2 Å². The summed E-state index contributed by atoms with van der Waals surface area (Å²) < 4.78 is 28.6. The zero-order valence-electron chi connectivity index (χ0n) is 18.6. The highest BCUT2D eigenvalue weighted by atomic mass is 32.2. The van der Waals surface area contributed by atoms with Gasteiger partial charge in [0.25, 0.3) is 0 Å². The van der Waals surface area contributed by atoms with Crippen molar-refractivity contribution in [3.05, 3.63) is 42.6 Å². The fourth-order valence-electron chi connectivity index (χ4n) is 3.46. The molecule has 31 heavy (non-hydrogen) atoms. The minimum Gasteiger partial charge on any atom is -0.444 e. The number of aromatic nitrogens is 1. The highest BCUT2D eigenvalue weighted by Crippen LogP contribution is 2.23. The Hall–Kier alpha value is -2.61. The van der Waals surface area contributed by atoms with Crippen molar-refractivity contribution in [3.8, 4) is 11.1 Å². The molecule has 1 aliphatic rings. The van der Waals surface area contributed by atoms with E-state index in [0.29, 0.717) is 23.9 Å². The Labute approximate surface area is 184 Å². The van der Waals surface area contributed by atoms with Crippen LogP contribution in [0.4, 0.5) is 10.6 Å². The largest absolute Gasteiger partial charge is 0.444 e. The van der Waals surface area contributed by atoms with E-state index in [1.54, 1.807) is 35.4 Å². The molecule has 1 fully saturated rings. The molecule has 1 aromatic heterocycles. The van der Waals surface area contributed by atoms with E-state index in [9.17, 15) is 13.2 Å². The van der Waals surface area contributed by atoms with E-state index >= 15 is 0 Å². The summed E-state index contributed by atoms with van der Waals surface area (Å²) in [6.07, 6.45) is 4.60. The molecule has 2 heterocycles. The van der Waals surface area contributed by atoms with Gasteiger partial charge in [0.1, 0.15) is 11.4 Å². The molecule has 1 saturated heterocycles. The Bertz CT molecular complexity index is 989. The van der Waals surface area contributed by atoms with Crippen LogP contribution < -0.4 is 5.32 Å². The molecule has 1 aliphatic heterocycles. The predicted octanol–water partition coefficient (Wildman–Crippen LogP) is 4.21. The molecule has 0 saturated carbocycles. The Morgan fingerprint density at radius 1 is 1.10 bits per heavy atom. The molecule has 8 heteroatoms. The van der Waals surface area contributed by atoms with Crippen molar-refractivity contribution >= 4 is 21.7 Å². The Balaban J connectivity index is 1.48. The summed E-state index contributed by atoms with van der Waals surface area (Å²) in [5, 5.41) is 3.38. The van der Waals surface area contributed by atoms with Crippen molar-refractivity contribution in [1.82, 2.24) is 9.88 Å². The van der Waals surface area contributed by atoms with Crippen LogP contribution in [0.3, 0.4) is 0 Å². The second-order valence-corrected chi connectivity index (χ2v) is 11.0. The van der Waals surface area contributed by atoms with Gasteiger partial charge in [-0.25, -0.2) is 18.2 Å². The zero-order valence-corrected chi connectivity index (χ0v) is 19.4. The lowest BCUT2D eigenvalue weighted by Crippen LogP contribution is -2.42. The third-order valence-electron chi connectivity index (χ3n) is 5.22. The molecule has 1 amide bonds. The third-order valence-corrected chi connectivity index (χ3v) is 6.35. The number of carbonyl (C=O) groups excluding carboxylic acids is 1. The van der Waals surface area contributed by atoms with Gasteiger partial charge in [-0.15, -0.1) is 0 Å². The summed E-state index contributed by atoms with van der Waals surface area (Å²) in [4.78, 5) is 18.7.